The van der Waals surface area contributed by atoms with Gasteiger partial charge in [0.05, 0.1) is 5.69 Å². The predicted octanol–water partition coefficient (Wildman–Crippen LogP) is 2.30. The van der Waals surface area contributed by atoms with Crippen molar-refractivity contribution in [3.63, 3.8) is 0 Å². The Labute approximate surface area is 122 Å². The minimum Gasteiger partial charge on any atom is -0.501 e. The summed E-state index contributed by atoms with van der Waals surface area (Å²) in [7, 11) is -4.64. The fourth-order valence-electron chi connectivity index (χ4n) is 1.76. The predicted molar refractivity (Wildman–Crippen MR) is 78.5 cm³/mol. The molecule has 0 aliphatic heterocycles. The van der Waals surface area contributed by atoms with Crippen molar-refractivity contribution < 1.29 is 19.5 Å². The second-order valence-corrected chi connectivity index (χ2v) is 6.01. The second kappa shape index (κ2) is 6.63. The minimum absolute atomic E-state index is 0.258. The van der Waals surface area contributed by atoms with E-state index < -0.39 is 13.1 Å². The van der Waals surface area contributed by atoms with E-state index in [4.69, 9.17) is 9.79 Å². The smallest absolute Gasteiger partial charge is 0.390 e. The highest BCUT2D eigenvalue weighted by molar-refractivity contribution is 7.56. The number of benzene rings is 1. The molecule has 21 heavy (non-hydrogen) atoms. The van der Waals surface area contributed by atoms with Gasteiger partial charge in [-0.1, -0.05) is 30.3 Å². The molecule has 1 heterocycles. The zero-order valence-electron chi connectivity index (χ0n) is 11.1. The summed E-state index contributed by atoms with van der Waals surface area (Å²) in [6.07, 6.45) is 3.73. The van der Waals surface area contributed by atoms with E-state index in [0.29, 0.717) is 6.42 Å². The van der Waals surface area contributed by atoms with Crippen LogP contribution in [0.2, 0.25) is 0 Å². The fraction of sp³-hybridized carbons (Fsp3) is 0.143. The maximum Gasteiger partial charge on any atom is 0.390 e. The molecule has 0 spiro atoms. The molecule has 0 amide bonds. The molecule has 0 aliphatic rings. The molecule has 0 fully saturated rings. The molecule has 1 aromatic carbocycles. The maximum absolute atomic E-state index is 10.9. The summed E-state index contributed by atoms with van der Waals surface area (Å²) in [4.78, 5) is 25.6. The SMILES string of the molecule is O=P(O)(O)/C(O)=C/c1cc(CCc2ccccc2)ncn1. The Bertz CT molecular complexity index is 682. The van der Waals surface area contributed by atoms with Crippen LogP contribution in [0.3, 0.4) is 0 Å². The third-order valence-corrected chi connectivity index (χ3v) is 3.56. The van der Waals surface area contributed by atoms with Crippen molar-refractivity contribution in [2.24, 2.45) is 0 Å². The summed E-state index contributed by atoms with van der Waals surface area (Å²) >= 11 is 0. The van der Waals surface area contributed by atoms with Crippen LogP contribution in [0.15, 0.2) is 48.2 Å². The van der Waals surface area contributed by atoms with Crippen molar-refractivity contribution in [1.82, 2.24) is 9.97 Å². The normalized spacial score (nSPS) is 12.4. The van der Waals surface area contributed by atoms with Gasteiger partial charge in [-0.15, -0.1) is 0 Å². The van der Waals surface area contributed by atoms with Gasteiger partial charge < -0.3 is 14.9 Å². The molecule has 0 radical (unpaired) electrons. The molecule has 0 saturated carbocycles. The molecule has 1 aromatic heterocycles. The lowest BCUT2D eigenvalue weighted by Gasteiger charge is -2.04. The van der Waals surface area contributed by atoms with Gasteiger partial charge in [-0.05, 0) is 24.5 Å². The molecular formula is C14H15N2O4P. The first kappa shape index (κ1) is 15.4. The van der Waals surface area contributed by atoms with Crippen molar-refractivity contribution in [2.75, 3.05) is 0 Å². The van der Waals surface area contributed by atoms with Gasteiger partial charge in [0.25, 0.3) is 0 Å². The Kier molecular flexibility index (Phi) is 4.85. The molecule has 6 nitrogen and oxygen atoms in total. The van der Waals surface area contributed by atoms with Crippen molar-refractivity contribution >= 4 is 13.7 Å². The number of hydrogen-bond donors (Lipinski definition) is 3. The van der Waals surface area contributed by atoms with Crippen molar-refractivity contribution in [2.45, 2.75) is 12.8 Å². The lowest BCUT2D eigenvalue weighted by atomic mass is 10.1. The summed E-state index contributed by atoms with van der Waals surface area (Å²) in [6.45, 7) is 0. The third-order valence-electron chi connectivity index (χ3n) is 2.83. The summed E-state index contributed by atoms with van der Waals surface area (Å²) in [5.41, 5.74) is 1.16. The van der Waals surface area contributed by atoms with Crippen molar-refractivity contribution in [1.29, 1.82) is 0 Å². The topological polar surface area (TPSA) is 104 Å². The molecule has 0 atom stereocenters. The first-order valence-electron chi connectivity index (χ1n) is 6.27. The van der Waals surface area contributed by atoms with E-state index in [0.717, 1.165) is 18.2 Å². The number of aliphatic hydroxyl groups excluding tert-OH is 1. The van der Waals surface area contributed by atoms with Crippen LogP contribution < -0.4 is 0 Å². The number of hydrogen-bond acceptors (Lipinski definition) is 4. The number of rotatable bonds is 5. The van der Waals surface area contributed by atoms with Crippen LogP contribution in [-0.4, -0.2) is 24.9 Å². The highest BCUT2D eigenvalue weighted by atomic mass is 31.2. The average Bonchev–Trinajstić information content (AvgIpc) is 2.46. The molecule has 0 saturated heterocycles. The third kappa shape index (κ3) is 4.79. The number of aliphatic hydroxyl groups is 1. The Balaban J connectivity index is 2.10. The van der Waals surface area contributed by atoms with Crippen LogP contribution in [0, 0.1) is 0 Å². The summed E-state index contributed by atoms with van der Waals surface area (Å²) in [5.74, 6) is 0. The van der Waals surface area contributed by atoms with Gasteiger partial charge in [-0.25, -0.2) is 9.97 Å². The van der Waals surface area contributed by atoms with Crippen LogP contribution in [0.25, 0.3) is 6.08 Å². The molecule has 7 heteroatoms. The van der Waals surface area contributed by atoms with E-state index >= 15 is 0 Å². The zero-order chi connectivity index (χ0) is 15.3. The molecule has 0 unspecified atom stereocenters. The number of nitrogens with zero attached hydrogens (tertiary/aromatic N) is 2. The van der Waals surface area contributed by atoms with Crippen LogP contribution >= 0.6 is 7.60 Å². The van der Waals surface area contributed by atoms with E-state index in [1.165, 1.54) is 11.9 Å². The molecule has 2 aromatic rings. The lowest BCUT2D eigenvalue weighted by Crippen LogP contribution is -1.97. The Hall–Kier alpha value is -2.01. The minimum atomic E-state index is -4.64. The van der Waals surface area contributed by atoms with Gasteiger partial charge in [-0.3, -0.25) is 4.57 Å². The van der Waals surface area contributed by atoms with E-state index in [1.54, 1.807) is 6.07 Å². The summed E-state index contributed by atoms with van der Waals surface area (Å²) in [5, 5.41) is 9.28. The van der Waals surface area contributed by atoms with Crippen LogP contribution in [0.5, 0.6) is 0 Å². The highest BCUT2D eigenvalue weighted by Gasteiger charge is 2.19. The van der Waals surface area contributed by atoms with Crippen molar-refractivity contribution in [3.8, 4) is 0 Å². The zero-order valence-corrected chi connectivity index (χ0v) is 12.0. The van der Waals surface area contributed by atoms with Crippen LogP contribution in [-0.2, 0) is 17.4 Å². The molecule has 3 N–H and O–H groups in total. The average molecular weight is 306 g/mol. The molecule has 0 bridgehead atoms. The lowest BCUT2D eigenvalue weighted by molar-refractivity contribution is 0.339. The van der Waals surface area contributed by atoms with Gasteiger partial charge in [0.2, 0.25) is 5.50 Å². The van der Waals surface area contributed by atoms with Gasteiger partial charge in [0.15, 0.2) is 0 Å². The van der Waals surface area contributed by atoms with Gasteiger partial charge in [0, 0.05) is 11.8 Å². The van der Waals surface area contributed by atoms with E-state index in [9.17, 15) is 9.67 Å². The highest BCUT2D eigenvalue weighted by Crippen LogP contribution is 2.43. The number of aryl methyl sites for hydroxylation is 2. The van der Waals surface area contributed by atoms with E-state index in [2.05, 4.69) is 9.97 Å². The van der Waals surface area contributed by atoms with Crippen LogP contribution in [0.1, 0.15) is 17.0 Å². The standard InChI is InChI=1S/C14H15N2O4P/c17-14(21(18,19)20)9-13-8-12(15-10-16-13)7-6-11-4-2-1-3-5-11/h1-5,8-10,17H,6-7H2,(H2,18,19,20)/b14-9+. The van der Waals surface area contributed by atoms with E-state index in [-0.39, 0.29) is 5.69 Å². The van der Waals surface area contributed by atoms with Crippen molar-refractivity contribution in [3.05, 3.63) is 65.2 Å². The second-order valence-electron chi connectivity index (χ2n) is 4.47. The summed E-state index contributed by atoms with van der Waals surface area (Å²) in [6, 6.07) is 11.5. The Morgan fingerprint density at radius 2 is 1.86 bits per heavy atom. The molecule has 0 aliphatic carbocycles. The van der Waals surface area contributed by atoms with Gasteiger partial charge in [-0.2, -0.15) is 0 Å². The molecular weight excluding hydrogens is 291 g/mol. The first-order valence-corrected chi connectivity index (χ1v) is 7.88. The van der Waals surface area contributed by atoms with Gasteiger partial charge in [0.1, 0.15) is 6.33 Å². The Morgan fingerprint density at radius 1 is 1.14 bits per heavy atom. The summed E-state index contributed by atoms with van der Waals surface area (Å²) < 4.78 is 10.9. The van der Waals surface area contributed by atoms with E-state index in [1.807, 2.05) is 30.3 Å². The molecule has 2 rings (SSSR count). The largest absolute Gasteiger partial charge is 0.501 e. The Morgan fingerprint density at radius 3 is 2.52 bits per heavy atom. The monoisotopic (exact) mass is 306 g/mol. The van der Waals surface area contributed by atoms with Gasteiger partial charge >= 0.3 is 7.60 Å². The molecule has 110 valence electrons. The first-order chi connectivity index (χ1) is 9.95. The van der Waals surface area contributed by atoms with Crippen LogP contribution in [0.4, 0.5) is 0 Å². The quantitative estimate of drug-likeness (QED) is 0.578. The number of aromatic nitrogens is 2. The maximum atomic E-state index is 10.9. The fourth-order valence-corrected chi connectivity index (χ4v) is 2.06.